The third-order valence-corrected chi connectivity index (χ3v) is 3.69. The highest BCUT2D eigenvalue weighted by Crippen LogP contribution is 2.31. The van der Waals surface area contributed by atoms with Gasteiger partial charge in [0.1, 0.15) is 0 Å². The molecule has 0 unspecified atom stereocenters. The summed E-state index contributed by atoms with van der Waals surface area (Å²) in [4.78, 5) is 1.01. The fraction of sp³-hybridized carbons (Fsp3) is 0. The molecule has 1 heterocycles. The van der Waals surface area contributed by atoms with Gasteiger partial charge in [0, 0.05) is 22.2 Å². The van der Waals surface area contributed by atoms with Crippen LogP contribution in [-0.2, 0) is 0 Å². The lowest BCUT2D eigenvalue weighted by Crippen LogP contribution is -2.02. The fourth-order valence-corrected chi connectivity index (χ4v) is 2.83. The summed E-state index contributed by atoms with van der Waals surface area (Å²) in [5.41, 5.74) is 7.73. The van der Waals surface area contributed by atoms with Crippen LogP contribution in [0.3, 0.4) is 0 Å². The van der Waals surface area contributed by atoms with Gasteiger partial charge in [-0.1, -0.05) is 48.2 Å². The van der Waals surface area contributed by atoms with E-state index in [0.717, 1.165) is 21.5 Å². The molecule has 3 nitrogen and oxygen atoms in total. The highest BCUT2D eigenvalue weighted by atomic mass is 32.2. The molecular weight excluding hydrogens is 254 g/mol. The second-order valence-electron chi connectivity index (χ2n) is 4.18. The molecule has 0 atom stereocenters. The minimum atomic E-state index is 0.107. The Labute approximate surface area is 115 Å². The maximum Gasteiger partial charge on any atom is 0.156 e. The molecule has 0 aliphatic heterocycles. The summed E-state index contributed by atoms with van der Waals surface area (Å²) in [5, 5.41) is 8.68. The third-order valence-electron chi connectivity index (χ3n) is 2.93. The minimum Gasteiger partial charge on any atom is -0.378 e. The molecule has 0 bridgehead atoms. The van der Waals surface area contributed by atoms with Crippen LogP contribution in [0.4, 0.5) is 0 Å². The molecule has 3 aromatic rings. The molecule has 94 valence electrons. The van der Waals surface area contributed by atoms with Crippen molar-refractivity contribution in [3.05, 3.63) is 60.8 Å². The number of benzene rings is 2. The molecule has 0 amide bonds. The summed E-state index contributed by atoms with van der Waals surface area (Å²) in [5.74, 6) is 0. The Kier molecular flexibility index (Phi) is 3.01. The van der Waals surface area contributed by atoms with E-state index in [1.807, 2.05) is 36.5 Å². The Balaban J connectivity index is 2.23. The fourth-order valence-electron chi connectivity index (χ4n) is 2.15. The van der Waals surface area contributed by atoms with Crippen LogP contribution in [0.15, 0.2) is 65.7 Å². The summed E-state index contributed by atoms with van der Waals surface area (Å²) >= 11 is 1.28. The van der Waals surface area contributed by atoms with Gasteiger partial charge in [0.15, 0.2) is 5.17 Å². The molecule has 0 radical (unpaired) electrons. The quantitative estimate of drug-likeness (QED) is 0.423. The van der Waals surface area contributed by atoms with Crippen molar-refractivity contribution in [1.29, 1.82) is 5.41 Å². The van der Waals surface area contributed by atoms with Gasteiger partial charge in [-0.3, -0.25) is 5.41 Å². The van der Waals surface area contributed by atoms with E-state index in [2.05, 4.69) is 28.8 Å². The van der Waals surface area contributed by atoms with Crippen LogP contribution in [0.2, 0.25) is 0 Å². The minimum absolute atomic E-state index is 0.107. The lowest BCUT2D eigenvalue weighted by Gasteiger charge is -2.04. The molecule has 0 aliphatic rings. The Morgan fingerprint density at radius 2 is 1.68 bits per heavy atom. The molecule has 3 N–H and O–H groups in total. The Morgan fingerprint density at radius 3 is 2.42 bits per heavy atom. The molecule has 0 saturated heterocycles. The number of nitrogens with one attached hydrogen (secondary N) is 1. The Morgan fingerprint density at radius 1 is 1.00 bits per heavy atom. The van der Waals surface area contributed by atoms with E-state index in [9.17, 15) is 0 Å². The number of hydrogen-bond donors (Lipinski definition) is 2. The van der Waals surface area contributed by atoms with Gasteiger partial charge >= 0.3 is 0 Å². The Hall–Kier alpha value is -2.20. The Bertz CT molecular complexity index is 731. The lowest BCUT2D eigenvalue weighted by molar-refractivity contribution is 1.11. The van der Waals surface area contributed by atoms with Crippen molar-refractivity contribution in [3.63, 3.8) is 0 Å². The first-order valence-electron chi connectivity index (χ1n) is 5.93. The SMILES string of the molecule is N=C(N)Sc1cn(-c2ccccc2)c2ccccc12. The summed E-state index contributed by atoms with van der Waals surface area (Å²) < 4.78 is 2.13. The van der Waals surface area contributed by atoms with E-state index in [4.69, 9.17) is 11.1 Å². The first-order valence-corrected chi connectivity index (χ1v) is 6.75. The van der Waals surface area contributed by atoms with Crippen LogP contribution in [-0.4, -0.2) is 9.73 Å². The van der Waals surface area contributed by atoms with E-state index >= 15 is 0 Å². The molecule has 0 saturated carbocycles. The van der Waals surface area contributed by atoms with Crippen molar-refractivity contribution in [2.24, 2.45) is 5.73 Å². The van der Waals surface area contributed by atoms with E-state index < -0.39 is 0 Å². The van der Waals surface area contributed by atoms with Crippen LogP contribution >= 0.6 is 11.8 Å². The average molecular weight is 267 g/mol. The predicted octanol–water partition coefficient (Wildman–Crippen LogP) is 3.62. The van der Waals surface area contributed by atoms with Crippen LogP contribution in [0.5, 0.6) is 0 Å². The number of amidine groups is 1. The van der Waals surface area contributed by atoms with Gasteiger partial charge in [-0.2, -0.15) is 0 Å². The van der Waals surface area contributed by atoms with Gasteiger partial charge in [0.2, 0.25) is 0 Å². The van der Waals surface area contributed by atoms with Crippen LogP contribution in [0, 0.1) is 5.41 Å². The second kappa shape index (κ2) is 4.82. The molecule has 0 aliphatic carbocycles. The van der Waals surface area contributed by atoms with Crippen molar-refractivity contribution in [2.45, 2.75) is 4.90 Å². The summed E-state index contributed by atoms with van der Waals surface area (Å²) in [6.07, 6.45) is 2.03. The maximum absolute atomic E-state index is 7.45. The van der Waals surface area contributed by atoms with E-state index in [-0.39, 0.29) is 5.17 Å². The van der Waals surface area contributed by atoms with Crippen molar-refractivity contribution in [3.8, 4) is 5.69 Å². The molecular formula is C15H13N3S. The van der Waals surface area contributed by atoms with Crippen molar-refractivity contribution in [2.75, 3.05) is 0 Å². The summed E-state index contributed by atoms with van der Waals surface area (Å²) in [6.45, 7) is 0. The average Bonchev–Trinajstić information content (AvgIpc) is 2.78. The summed E-state index contributed by atoms with van der Waals surface area (Å²) in [6, 6.07) is 18.3. The number of hydrogen-bond acceptors (Lipinski definition) is 2. The van der Waals surface area contributed by atoms with Crippen LogP contribution in [0.1, 0.15) is 0 Å². The summed E-state index contributed by atoms with van der Waals surface area (Å²) in [7, 11) is 0. The standard InChI is InChI=1S/C15H13N3S/c16-15(17)19-14-10-18(11-6-2-1-3-7-11)13-9-5-4-8-12(13)14/h1-10H,(H3,16,17). The number of aromatic nitrogens is 1. The predicted molar refractivity (Wildman–Crippen MR) is 81.0 cm³/mol. The van der Waals surface area contributed by atoms with E-state index in [0.29, 0.717) is 0 Å². The largest absolute Gasteiger partial charge is 0.378 e. The first-order chi connectivity index (χ1) is 9.25. The third kappa shape index (κ3) is 2.22. The normalized spacial score (nSPS) is 10.7. The van der Waals surface area contributed by atoms with Crippen molar-refractivity contribution < 1.29 is 0 Å². The van der Waals surface area contributed by atoms with Crippen LogP contribution < -0.4 is 5.73 Å². The molecule has 4 heteroatoms. The highest BCUT2D eigenvalue weighted by molar-refractivity contribution is 8.13. The van der Waals surface area contributed by atoms with Gasteiger partial charge in [-0.15, -0.1) is 0 Å². The number of rotatable bonds is 2. The topological polar surface area (TPSA) is 54.8 Å². The van der Waals surface area contributed by atoms with Gasteiger partial charge in [0.25, 0.3) is 0 Å². The smallest absolute Gasteiger partial charge is 0.156 e. The molecule has 2 aromatic carbocycles. The molecule has 0 fully saturated rings. The van der Waals surface area contributed by atoms with Gasteiger partial charge in [-0.05, 0) is 18.2 Å². The number of para-hydroxylation sites is 2. The zero-order chi connectivity index (χ0) is 13.2. The first kappa shape index (κ1) is 11.9. The molecule has 3 rings (SSSR count). The van der Waals surface area contributed by atoms with E-state index in [1.165, 1.54) is 11.8 Å². The molecule has 0 spiro atoms. The zero-order valence-corrected chi connectivity index (χ0v) is 11.0. The molecule has 19 heavy (non-hydrogen) atoms. The van der Waals surface area contributed by atoms with E-state index in [1.54, 1.807) is 0 Å². The zero-order valence-electron chi connectivity index (χ0n) is 10.2. The maximum atomic E-state index is 7.45. The monoisotopic (exact) mass is 267 g/mol. The van der Waals surface area contributed by atoms with Crippen molar-refractivity contribution in [1.82, 2.24) is 4.57 Å². The van der Waals surface area contributed by atoms with Gasteiger partial charge in [0.05, 0.1) is 5.52 Å². The number of fused-ring (bicyclic) bond motifs is 1. The highest BCUT2D eigenvalue weighted by Gasteiger charge is 2.10. The second-order valence-corrected chi connectivity index (χ2v) is 5.27. The van der Waals surface area contributed by atoms with Crippen molar-refractivity contribution >= 4 is 27.8 Å². The van der Waals surface area contributed by atoms with Gasteiger partial charge in [-0.25, -0.2) is 0 Å². The number of nitrogens with zero attached hydrogens (tertiary/aromatic N) is 1. The lowest BCUT2D eigenvalue weighted by atomic mass is 10.2. The van der Waals surface area contributed by atoms with Crippen LogP contribution in [0.25, 0.3) is 16.6 Å². The number of thioether (sulfide) groups is 1. The number of nitrogens with two attached hydrogens (primary N) is 1. The van der Waals surface area contributed by atoms with Gasteiger partial charge < -0.3 is 10.3 Å². The molecule has 1 aromatic heterocycles.